The molecule has 4 heteroatoms. The molecule has 0 aliphatic heterocycles. The molecule has 1 N–H and O–H groups in total. The fourth-order valence-electron chi connectivity index (χ4n) is 1.96. The van der Waals surface area contributed by atoms with Crippen molar-refractivity contribution in [3.05, 3.63) is 59.1 Å². The highest BCUT2D eigenvalue weighted by molar-refractivity contribution is 6.30. The summed E-state index contributed by atoms with van der Waals surface area (Å²) >= 11 is 5.86. The monoisotopic (exact) mass is 317 g/mol. The molecular weight excluding hydrogens is 298 g/mol. The molecule has 2 aromatic rings. The number of nitrogens with one attached hydrogen (secondary N) is 1. The van der Waals surface area contributed by atoms with Gasteiger partial charge in [-0.15, -0.1) is 0 Å². The van der Waals surface area contributed by atoms with E-state index in [0.717, 1.165) is 5.69 Å². The van der Waals surface area contributed by atoms with E-state index in [9.17, 15) is 4.79 Å². The van der Waals surface area contributed by atoms with E-state index in [-0.39, 0.29) is 17.9 Å². The number of halogens is 1. The number of carbonyl (C=O) groups excluding carboxylic acids is 1. The summed E-state index contributed by atoms with van der Waals surface area (Å²) in [4.78, 5) is 11.9. The van der Waals surface area contributed by atoms with E-state index in [1.54, 1.807) is 24.3 Å². The van der Waals surface area contributed by atoms with Gasteiger partial charge in [-0.3, -0.25) is 4.79 Å². The molecule has 0 bridgehead atoms. The summed E-state index contributed by atoms with van der Waals surface area (Å²) in [7, 11) is 0. The third-order valence-electron chi connectivity index (χ3n) is 3.20. The fraction of sp³-hybridized carbons (Fsp3) is 0.278. The van der Waals surface area contributed by atoms with Crippen molar-refractivity contribution in [2.24, 2.45) is 0 Å². The van der Waals surface area contributed by atoms with Gasteiger partial charge in [-0.1, -0.05) is 50.6 Å². The Morgan fingerprint density at radius 1 is 1.14 bits per heavy atom. The normalized spacial score (nSPS) is 11.1. The van der Waals surface area contributed by atoms with E-state index in [1.807, 2.05) is 24.3 Å². The zero-order chi connectivity index (χ0) is 16.2. The van der Waals surface area contributed by atoms with Crippen LogP contribution in [-0.2, 0) is 10.2 Å². The molecule has 0 spiro atoms. The van der Waals surface area contributed by atoms with Gasteiger partial charge in [-0.2, -0.15) is 0 Å². The van der Waals surface area contributed by atoms with Gasteiger partial charge in [-0.05, 0) is 41.3 Å². The van der Waals surface area contributed by atoms with Crippen LogP contribution in [0.5, 0.6) is 5.75 Å². The zero-order valence-electron chi connectivity index (χ0n) is 13.0. The molecular formula is C18H20ClNO2. The van der Waals surface area contributed by atoms with Crippen molar-refractivity contribution in [3.63, 3.8) is 0 Å². The molecule has 0 fully saturated rings. The molecule has 0 saturated carbocycles. The molecule has 0 saturated heterocycles. The van der Waals surface area contributed by atoms with Gasteiger partial charge < -0.3 is 10.1 Å². The molecule has 0 radical (unpaired) electrons. The van der Waals surface area contributed by atoms with Crippen LogP contribution < -0.4 is 10.1 Å². The first-order chi connectivity index (χ1) is 10.3. The second-order valence-corrected chi connectivity index (χ2v) is 6.56. The van der Waals surface area contributed by atoms with Crippen molar-refractivity contribution in [2.75, 3.05) is 11.9 Å². The molecule has 2 rings (SSSR count). The quantitative estimate of drug-likeness (QED) is 0.891. The average molecular weight is 318 g/mol. The van der Waals surface area contributed by atoms with Crippen LogP contribution in [0, 0.1) is 0 Å². The smallest absolute Gasteiger partial charge is 0.262 e. The minimum absolute atomic E-state index is 0.0542. The summed E-state index contributed by atoms with van der Waals surface area (Å²) in [5.74, 6) is 0.370. The van der Waals surface area contributed by atoms with E-state index < -0.39 is 0 Å². The predicted molar refractivity (Wildman–Crippen MR) is 90.7 cm³/mol. The first-order valence-corrected chi connectivity index (χ1v) is 7.51. The van der Waals surface area contributed by atoms with E-state index in [1.165, 1.54) is 5.56 Å². The predicted octanol–water partition coefficient (Wildman–Crippen LogP) is 4.66. The molecule has 0 heterocycles. The average Bonchev–Trinajstić information content (AvgIpc) is 2.45. The molecule has 116 valence electrons. The number of hydrogen-bond acceptors (Lipinski definition) is 2. The Morgan fingerprint density at radius 2 is 1.82 bits per heavy atom. The van der Waals surface area contributed by atoms with Crippen molar-refractivity contribution in [3.8, 4) is 5.75 Å². The lowest BCUT2D eigenvalue weighted by atomic mass is 9.87. The van der Waals surface area contributed by atoms with Gasteiger partial charge >= 0.3 is 0 Å². The molecule has 0 atom stereocenters. The molecule has 2 aromatic carbocycles. The van der Waals surface area contributed by atoms with Crippen LogP contribution in [0.3, 0.4) is 0 Å². The standard InChI is InChI=1S/C18H20ClNO2/c1-18(2,3)13-7-9-15(10-8-13)20-17(21)12-22-16-6-4-5-14(19)11-16/h4-11H,12H2,1-3H3,(H,20,21). The number of ether oxygens (including phenoxy) is 1. The van der Waals surface area contributed by atoms with E-state index >= 15 is 0 Å². The topological polar surface area (TPSA) is 38.3 Å². The van der Waals surface area contributed by atoms with Gasteiger partial charge in [0.05, 0.1) is 0 Å². The molecule has 22 heavy (non-hydrogen) atoms. The lowest BCUT2D eigenvalue weighted by Gasteiger charge is -2.19. The minimum atomic E-state index is -0.205. The second kappa shape index (κ2) is 6.84. The summed E-state index contributed by atoms with van der Waals surface area (Å²) < 4.78 is 5.40. The van der Waals surface area contributed by atoms with E-state index in [4.69, 9.17) is 16.3 Å². The van der Waals surface area contributed by atoms with Gasteiger partial charge in [0.1, 0.15) is 5.75 Å². The maximum absolute atomic E-state index is 11.9. The highest BCUT2D eigenvalue weighted by Crippen LogP contribution is 2.23. The molecule has 0 aliphatic rings. The molecule has 0 aromatic heterocycles. The number of carbonyl (C=O) groups is 1. The van der Waals surface area contributed by atoms with Crippen molar-refractivity contribution < 1.29 is 9.53 Å². The Balaban J connectivity index is 1.89. The van der Waals surface area contributed by atoms with Gasteiger partial charge in [0.2, 0.25) is 0 Å². The summed E-state index contributed by atoms with van der Waals surface area (Å²) in [6.07, 6.45) is 0. The number of amides is 1. The van der Waals surface area contributed by atoms with Crippen LogP contribution in [-0.4, -0.2) is 12.5 Å². The van der Waals surface area contributed by atoms with Crippen molar-refractivity contribution in [1.82, 2.24) is 0 Å². The van der Waals surface area contributed by atoms with Crippen LogP contribution in [0.2, 0.25) is 5.02 Å². The third kappa shape index (κ3) is 4.78. The highest BCUT2D eigenvalue weighted by atomic mass is 35.5. The lowest BCUT2D eigenvalue weighted by molar-refractivity contribution is -0.118. The Hall–Kier alpha value is -2.00. The molecule has 3 nitrogen and oxygen atoms in total. The summed E-state index contributed by atoms with van der Waals surface area (Å²) in [5, 5.41) is 3.39. The zero-order valence-corrected chi connectivity index (χ0v) is 13.8. The van der Waals surface area contributed by atoms with Crippen LogP contribution in [0.4, 0.5) is 5.69 Å². The van der Waals surface area contributed by atoms with Crippen molar-refractivity contribution >= 4 is 23.2 Å². The lowest BCUT2D eigenvalue weighted by Crippen LogP contribution is -2.20. The van der Waals surface area contributed by atoms with E-state index in [0.29, 0.717) is 10.8 Å². The van der Waals surface area contributed by atoms with E-state index in [2.05, 4.69) is 26.1 Å². The van der Waals surface area contributed by atoms with Crippen LogP contribution in [0.25, 0.3) is 0 Å². The summed E-state index contributed by atoms with van der Waals surface area (Å²) in [5.41, 5.74) is 2.08. The van der Waals surface area contributed by atoms with Gasteiger partial charge in [0.15, 0.2) is 6.61 Å². The Labute approximate surface area is 136 Å². The number of rotatable bonds is 4. The van der Waals surface area contributed by atoms with Gasteiger partial charge in [-0.25, -0.2) is 0 Å². The maximum atomic E-state index is 11.9. The third-order valence-corrected chi connectivity index (χ3v) is 3.44. The summed E-state index contributed by atoms with van der Waals surface area (Å²) in [6, 6.07) is 14.8. The van der Waals surface area contributed by atoms with Crippen molar-refractivity contribution in [1.29, 1.82) is 0 Å². The number of hydrogen-bond donors (Lipinski definition) is 1. The fourth-order valence-corrected chi connectivity index (χ4v) is 2.14. The first kappa shape index (κ1) is 16.4. The SMILES string of the molecule is CC(C)(C)c1ccc(NC(=O)COc2cccc(Cl)c2)cc1. The Morgan fingerprint density at radius 3 is 2.41 bits per heavy atom. The Kier molecular flexibility index (Phi) is 5.09. The maximum Gasteiger partial charge on any atom is 0.262 e. The van der Waals surface area contributed by atoms with Crippen molar-refractivity contribution in [2.45, 2.75) is 26.2 Å². The Bertz CT molecular complexity index is 645. The largest absolute Gasteiger partial charge is 0.484 e. The number of anilines is 1. The van der Waals surface area contributed by atoms with Crippen LogP contribution in [0.1, 0.15) is 26.3 Å². The molecule has 0 aliphatic carbocycles. The minimum Gasteiger partial charge on any atom is -0.484 e. The van der Waals surface area contributed by atoms with Crippen LogP contribution >= 0.6 is 11.6 Å². The second-order valence-electron chi connectivity index (χ2n) is 6.12. The summed E-state index contributed by atoms with van der Waals surface area (Å²) in [6.45, 7) is 6.40. The molecule has 1 amide bonds. The molecule has 0 unspecified atom stereocenters. The number of benzene rings is 2. The first-order valence-electron chi connectivity index (χ1n) is 7.13. The van der Waals surface area contributed by atoms with Crippen LogP contribution in [0.15, 0.2) is 48.5 Å². The van der Waals surface area contributed by atoms with Gasteiger partial charge in [0.25, 0.3) is 5.91 Å². The van der Waals surface area contributed by atoms with Gasteiger partial charge in [0, 0.05) is 10.7 Å². The highest BCUT2D eigenvalue weighted by Gasteiger charge is 2.13.